The molecule has 0 aliphatic carbocycles. The molecule has 3 N–H and O–H groups in total. The smallest absolute Gasteiger partial charge is 0.128 e. The van der Waals surface area contributed by atoms with Gasteiger partial charge in [0, 0.05) is 18.3 Å². The molecule has 2 nitrogen and oxygen atoms in total. The molecule has 0 saturated carbocycles. The lowest BCUT2D eigenvalue weighted by atomic mass is 9.99. The number of nitrogens with two attached hydrogens (primary N) is 1. The van der Waals surface area contributed by atoms with E-state index in [0.29, 0.717) is 5.56 Å². The summed E-state index contributed by atoms with van der Waals surface area (Å²) in [6.45, 7) is 0. The Bertz CT molecular complexity index is 511. The molecule has 0 radical (unpaired) electrons. The van der Waals surface area contributed by atoms with Crippen molar-refractivity contribution in [2.75, 3.05) is 12.4 Å². The van der Waals surface area contributed by atoms with Gasteiger partial charge in [-0.2, -0.15) is 0 Å². The summed E-state index contributed by atoms with van der Waals surface area (Å²) in [6, 6.07) is 13.8. The molecule has 0 saturated heterocycles. The maximum atomic E-state index is 13.6. The van der Waals surface area contributed by atoms with Gasteiger partial charge in [0.1, 0.15) is 5.82 Å². The standard InChI is InChI=1S/C14H15FN2/c1-17-11-6-4-5-10(9-11)14(16)12-7-2-3-8-13(12)15/h2-9,14,17H,16H2,1H3. The molecular weight excluding hydrogens is 215 g/mol. The van der Waals surface area contributed by atoms with E-state index in [1.165, 1.54) is 6.07 Å². The van der Waals surface area contributed by atoms with E-state index in [9.17, 15) is 4.39 Å². The molecule has 0 amide bonds. The molecular formula is C14H15FN2. The van der Waals surface area contributed by atoms with E-state index in [4.69, 9.17) is 5.73 Å². The summed E-state index contributed by atoms with van der Waals surface area (Å²) in [5.41, 5.74) is 8.45. The third-order valence-corrected chi connectivity index (χ3v) is 2.77. The van der Waals surface area contributed by atoms with Gasteiger partial charge in [0.2, 0.25) is 0 Å². The molecule has 2 aromatic rings. The van der Waals surface area contributed by atoms with Crippen LogP contribution in [0.4, 0.5) is 10.1 Å². The molecule has 2 rings (SSSR count). The second kappa shape index (κ2) is 4.97. The van der Waals surface area contributed by atoms with Crippen LogP contribution in [0, 0.1) is 5.82 Å². The fourth-order valence-corrected chi connectivity index (χ4v) is 1.79. The van der Waals surface area contributed by atoms with E-state index < -0.39 is 6.04 Å². The Balaban J connectivity index is 2.37. The van der Waals surface area contributed by atoms with Gasteiger partial charge < -0.3 is 11.1 Å². The Morgan fingerprint density at radius 2 is 1.88 bits per heavy atom. The van der Waals surface area contributed by atoms with E-state index in [0.717, 1.165) is 11.3 Å². The van der Waals surface area contributed by atoms with E-state index in [-0.39, 0.29) is 5.82 Å². The van der Waals surface area contributed by atoms with Crippen LogP contribution in [0.15, 0.2) is 48.5 Å². The van der Waals surface area contributed by atoms with Gasteiger partial charge >= 0.3 is 0 Å². The maximum Gasteiger partial charge on any atom is 0.128 e. The van der Waals surface area contributed by atoms with Crippen LogP contribution in [0.2, 0.25) is 0 Å². The van der Waals surface area contributed by atoms with Crippen LogP contribution in [0.1, 0.15) is 17.2 Å². The summed E-state index contributed by atoms with van der Waals surface area (Å²) in [4.78, 5) is 0. The van der Waals surface area contributed by atoms with E-state index in [1.54, 1.807) is 18.2 Å². The Labute approximate surface area is 100 Å². The molecule has 1 atom stereocenters. The van der Waals surface area contributed by atoms with Crippen molar-refractivity contribution in [2.45, 2.75) is 6.04 Å². The summed E-state index contributed by atoms with van der Waals surface area (Å²) in [5, 5.41) is 3.04. The number of nitrogens with one attached hydrogen (secondary N) is 1. The van der Waals surface area contributed by atoms with Crippen LogP contribution in [0.3, 0.4) is 0 Å². The van der Waals surface area contributed by atoms with Crippen molar-refractivity contribution < 1.29 is 4.39 Å². The summed E-state index contributed by atoms with van der Waals surface area (Å²) in [6.07, 6.45) is 0. The highest BCUT2D eigenvalue weighted by Crippen LogP contribution is 2.23. The van der Waals surface area contributed by atoms with Gasteiger partial charge in [-0.1, -0.05) is 30.3 Å². The van der Waals surface area contributed by atoms with Crippen molar-refractivity contribution in [1.29, 1.82) is 0 Å². The fraction of sp³-hybridized carbons (Fsp3) is 0.143. The minimum absolute atomic E-state index is 0.269. The fourth-order valence-electron chi connectivity index (χ4n) is 1.79. The first-order valence-electron chi connectivity index (χ1n) is 5.50. The van der Waals surface area contributed by atoms with Crippen molar-refractivity contribution in [3.05, 3.63) is 65.5 Å². The second-order valence-electron chi connectivity index (χ2n) is 3.87. The van der Waals surface area contributed by atoms with Crippen LogP contribution in [-0.4, -0.2) is 7.05 Å². The van der Waals surface area contributed by atoms with Crippen molar-refractivity contribution >= 4 is 5.69 Å². The Morgan fingerprint density at radius 3 is 2.59 bits per heavy atom. The zero-order valence-corrected chi connectivity index (χ0v) is 9.65. The van der Waals surface area contributed by atoms with Crippen LogP contribution < -0.4 is 11.1 Å². The molecule has 0 fully saturated rings. The molecule has 1 unspecified atom stereocenters. The number of hydrogen-bond donors (Lipinski definition) is 2. The lowest BCUT2D eigenvalue weighted by Gasteiger charge is -2.14. The largest absolute Gasteiger partial charge is 0.388 e. The first kappa shape index (κ1) is 11.6. The highest BCUT2D eigenvalue weighted by Gasteiger charge is 2.12. The third kappa shape index (κ3) is 2.45. The Kier molecular flexibility index (Phi) is 3.40. The van der Waals surface area contributed by atoms with E-state index >= 15 is 0 Å². The van der Waals surface area contributed by atoms with Crippen LogP contribution >= 0.6 is 0 Å². The van der Waals surface area contributed by atoms with Gasteiger partial charge in [-0.3, -0.25) is 0 Å². The van der Waals surface area contributed by atoms with Crippen molar-refractivity contribution in [3.8, 4) is 0 Å². The summed E-state index contributed by atoms with van der Waals surface area (Å²) in [5.74, 6) is -0.269. The maximum absolute atomic E-state index is 13.6. The molecule has 0 aromatic heterocycles. The molecule has 0 heterocycles. The molecule has 2 aromatic carbocycles. The molecule has 3 heteroatoms. The third-order valence-electron chi connectivity index (χ3n) is 2.77. The zero-order valence-electron chi connectivity index (χ0n) is 9.65. The molecule has 0 bridgehead atoms. The Hall–Kier alpha value is -1.87. The normalized spacial score (nSPS) is 12.2. The summed E-state index contributed by atoms with van der Waals surface area (Å²) < 4.78 is 13.6. The lowest BCUT2D eigenvalue weighted by molar-refractivity contribution is 0.600. The van der Waals surface area contributed by atoms with Gasteiger partial charge in [-0.15, -0.1) is 0 Å². The van der Waals surface area contributed by atoms with Gasteiger partial charge in [0.05, 0.1) is 6.04 Å². The van der Waals surface area contributed by atoms with E-state index in [2.05, 4.69) is 5.32 Å². The predicted molar refractivity (Wildman–Crippen MR) is 68.4 cm³/mol. The van der Waals surface area contributed by atoms with Gasteiger partial charge in [0.25, 0.3) is 0 Å². The number of hydrogen-bond acceptors (Lipinski definition) is 2. The van der Waals surface area contributed by atoms with Gasteiger partial charge in [-0.05, 0) is 23.8 Å². The molecule has 0 aliphatic heterocycles. The first-order valence-corrected chi connectivity index (χ1v) is 5.50. The summed E-state index contributed by atoms with van der Waals surface area (Å²) in [7, 11) is 1.84. The number of halogens is 1. The van der Waals surface area contributed by atoms with Crippen molar-refractivity contribution in [2.24, 2.45) is 5.73 Å². The highest BCUT2D eigenvalue weighted by molar-refractivity contribution is 5.47. The minimum atomic E-state index is -0.440. The van der Waals surface area contributed by atoms with Gasteiger partial charge in [0.15, 0.2) is 0 Å². The minimum Gasteiger partial charge on any atom is -0.388 e. The zero-order chi connectivity index (χ0) is 12.3. The van der Waals surface area contributed by atoms with E-state index in [1.807, 2.05) is 31.3 Å². The first-order chi connectivity index (χ1) is 8.22. The topological polar surface area (TPSA) is 38.0 Å². The number of anilines is 1. The van der Waals surface area contributed by atoms with Crippen LogP contribution in [0.25, 0.3) is 0 Å². The highest BCUT2D eigenvalue weighted by atomic mass is 19.1. The van der Waals surface area contributed by atoms with Crippen molar-refractivity contribution in [3.63, 3.8) is 0 Å². The quantitative estimate of drug-likeness (QED) is 0.850. The average Bonchev–Trinajstić information content (AvgIpc) is 2.38. The molecule has 88 valence electrons. The average molecular weight is 230 g/mol. The SMILES string of the molecule is CNc1cccc(C(N)c2ccccc2F)c1. The van der Waals surface area contributed by atoms with Crippen LogP contribution in [0.5, 0.6) is 0 Å². The lowest BCUT2D eigenvalue weighted by Crippen LogP contribution is -2.13. The molecule has 17 heavy (non-hydrogen) atoms. The van der Waals surface area contributed by atoms with Crippen molar-refractivity contribution in [1.82, 2.24) is 0 Å². The van der Waals surface area contributed by atoms with Gasteiger partial charge in [-0.25, -0.2) is 4.39 Å². The predicted octanol–water partition coefficient (Wildman–Crippen LogP) is 2.92. The second-order valence-corrected chi connectivity index (χ2v) is 3.87. The Morgan fingerprint density at radius 1 is 1.12 bits per heavy atom. The number of rotatable bonds is 3. The molecule has 0 spiro atoms. The van der Waals surface area contributed by atoms with Crippen LogP contribution in [-0.2, 0) is 0 Å². The monoisotopic (exact) mass is 230 g/mol. The molecule has 0 aliphatic rings. The summed E-state index contributed by atoms with van der Waals surface area (Å²) >= 11 is 0. The number of benzene rings is 2.